The summed E-state index contributed by atoms with van der Waals surface area (Å²) in [5, 5.41) is 8.79. The van der Waals surface area contributed by atoms with Crippen LogP contribution in [0.15, 0.2) is 42.5 Å². The molecule has 0 unspecified atom stereocenters. The second-order valence-corrected chi connectivity index (χ2v) is 3.91. The van der Waals surface area contributed by atoms with Crippen LogP contribution >= 0.6 is 0 Å². The van der Waals surface area contributed by atoms with Crippen molar-refractivity contribution in [3.63, 3.8) is 0 Å². The predicted molar refractivity (Wildman–Crippen MR) is 63.8 cm³/mol. The van der Waals surface area contributed by atoms with Crippen molar-refractivity contribution in [2.45, 2.75) is 6.43 Å². The van der Waals surface area contributed by atoms with E-state index in [0.29, 0.717) is 5.56 Å². The van der Waals surface area contributed by atoms with Crippen LogP contribution in [0.1, 0.15) is 22.3 Å². The molecular weight excluding hydrogens is 257 g/mol. The van der Waals surface area contributed by atoms with Gasteiger partial charge < -0.3 is 5.11 Å². The number of aromatic carboxylic acids is 1. The first-order chi connectivity index (χ1) is 8.99. The Morgan fingerprint density at radius 3 is 2.21 bits per heavy atom. The maximum atomic E-state index is 13.0. The Morgan fingerprint density at radius 1 is 1.05 bits per heavy atom. The molecule has 1 N–H and O–H groups in total. The van der Waals surface area contributed by atoms with Gasteiger partial charge in [-0.2, -0.15) is 0 Å². The molecule has 0 radical (unpaired) electrons. The third-order valence-corrected chi connectivity index (χ3v) is 2.69. The van der Waals surface area contributed by atoms with Gasteiger partial charge in [0.15, 0.2) is 0 Å². The van der Waals surface area contributed by atoms with Gasteiger partial charge in [-0.15, -0.1) is 0 Å². The molecule has 2 aromatic rings. The number of hydrogen-bond acceptors (Lipinski definition) is 1. The molecule has 98 valence electrons. The SMILES string of the molecule is O=C(O)c1ccc(-c2ccc(F)cc2)c(C(F)F)c1. The number of alkyl halides is 2. The molecular formula is C14H9F3O2. The van der Waals surface area contributed by atoms with Crippen LogP contribution < -0.4 is 0 Å². The van der Waals surface area contributed by atoms with Gasteiger partial charge in [0.1, 0.15) is 5.82 Å². The second kappa shape index (κ2) is 5.14. The maximum Gasteiger partial charge on any atom is 0.335 e. The van der Waals surface area contributed by atoms with Crippen LogP contribution in [0.25, 0.3) is 11.1 Å². The minimum atomic E-state index is -2.81. The molecule has 19 heavy (non-hydrogen) atoms. The zero-order valence-electron chi connectivity index (χ0n) is 9.61. The van der Waals surface area contributed by atoms with Crippen molar-refractivity contribution < 1.29 is 23.1 Å². The average Bonchev–Trinajstić information content (AvgIpc) is 2.38. The van der Waals surface area contributed by atoms with E-state index in [0.717, 1.165) is 18.2 Å². The molecule has 0 atom stereocenters. The van der Waals surface area contributed by atoms with Gasteiger partial charge in [0.25, 0.3) is 6.43 Å². The average molecular weight is 266 g/mol. The molecule has 2 nitrogen and oxygen atoms in total. The molecule has 0 aliphatic rings. The lowest BCUT2D eigenvalue weighted by Gasteiger charge is -2.10. The van der Waals surface area contributed by atoms with Gasteiger partial charge in [-0.1, -0.05) is 18.2 Å². The Kier molecular flexibility index (Phi) is 3.55. The van der Waals surface area contributed by atoms with Crippen molar-refractivity contribution in [3.8, 4) is 11.1 Å². The molecule has 0 saturated heterocycles. The van der Waals surface area contributed by atoms with Crippen molar-refractivity contribution in [1.29, 1.82) is 0 Å². The topological polar surface area (TPSA) is 37.3 Å². The highest BCUT2D eigenvalue weighted by Crippen LogP contribution is 2.32. The molecule has 2 rings (SSSR count). The third kappa shape index (κ3) is 2.76. The molecule has 0 saturated carbocycles. The van der Waals surface area contributed by atoms with Crippen molar-refractivity contribution in [2.24, 2.45) is 0 Å². The number of carbonyl (C=O) groups is 1. The molecule has 0 spiro atoms. The standard InChI is InChI=1S/C14H9F3O2/c15-10-4-1-8(2-5-10)11-6-3-9(14(18)19)7-12(11)13(16)17/h1-7,13H,(H,18,19). The van der Waals surface area contributed by atoms with Crippen LogP contribution in [0.3, 0.4) is 0 Å². The van der Waals surface area contributed by atoms with Crippen LogP contribution in [0, 0.1) is 5.82 Å². The van der Waals surface area contributed by atoms with Crippen LogP contribution in [0.5, 0.6) is 0 Å². The summed E-state index contributed by atoms with van der Waals surface area (Å²) in [6.45, 7) is 0. The largest absolute Gasteiger partial charge is 0.478 e. The Hall–Kier alpha value is -2.30. The first kappa shape index (κ1) is 13.1. The first-order valence-corrected chi connectivity index (χ1v) is 5.40. The smallest absolute Gasteiger partial charge is 0.335 e. The Bertz CT molecular complexity index is 607. The minimum Gasteiger partial charge on any atom is -0.478 e. The lowest BCUT2D eigenvalue weighted by molar-refractivity contribution is 0.0696. The van der Waals surface area contributed by atoms with Gasteiger partial charge in [0.05, 0.1) is 5.56 Å². The van der Waals surface area contributed by atoms with Crippen LogP contribution in [-0.4, -0.2) is 11.1 Å². The van der Waals surface area contributed by atoms with E-state index in [1.54, 1.807) is 0 Å². The normalized spacial score (nSPS) is 10.7. The maximum absolute atomic E-state index is 13.0. The fourth-order valence-electron chi connectivity index (χ4n) is 1.77. The van der Waals surface area contributed by atoms with Gasteiger partial charge in [-0.05, 0) is 35.4 Å². The number of carboxylic acid groups (broad SMARTS) is 1. The highest BCUT2D eigenvalue weighted by Gasteiger charge is 2.17. The first-order valence-electron chi connectivity index (χ1n) is 5.40. The Morgan fingerprint density at radius 2 is 1.68 bits per heavy atom. The summed E-state index contributed by atoms with van der Waals surface area (Å²) in [4.78, 5) is 10.8. The molecule has 2 aromatic carbocycles. The van der Waals surface area contributed by atoms with Crippen molar-refractivity contribution in [3.05, 3.63) is 59.4 Å². The number of halogens is 3. The van der Waals surface area contributed by atoms with Gasteiger partial charge in [-0.25, -0.2) is 18.0 Å². The van der Waals surface area contributed by atoms with Crippen molar-refractivity contribution in [1.82, 2.24) is 0 Å². The van der Waals surface area contributed by atoms with Crippen LogP contribution in [0.2, 0.25) is 0 Å². The van der Waals surface area contributed by atoms with Gasteiger partial charge in [0, 0.05) is 5.56 Å². The number of benzene rings is 2. The molecule has 0 amide bonds. The quantitative estimate of drug-likeness (QED) is 0.906. The van der Waals surface area contributed by atoms with E-state index in [2.05, 4.69) is 0 Å². The molecule has 0 aromatic heterocycles. The van der Waals surface area contributed by atoms with E-state index in [9.17, 15) is 18.0 Å². The number of hydrogen-bond donors (Lipinski definition) is 1. The molecule has 0 heterocycles. The van der Waals surface area contributed by atoms with Gasteiger partial charge >= 0.3 is 5.97 Å². The summed E-state index contributed by atoms with van der Waals surface area (Å²) < 4.78 is 38.7. The number of carboxylic acids is 1. The van der Waals surface area contributed by atoms with Crippen molar-refractivity contribution in [2.75, 3.05) is 0 Å². The number of rotatable bonds is 3. The fourth-order valence-corrected chi connectivity index (χ4v) is 1.77. The summed E-state index contributed by atoms with van der Waals surface area (Å²) >= 11 is 0. The Balaban J connectivity index is 2.56. The predicted octanol–water partition coefficient (Wildman–Crippen LogP) is 4.13. The summed E-state index contributed by atoms with van der Waals surface area (Å²) in [6.07, 6.45) is -2.81. The van der Waals surface area contributed by atoms with Gasteiger partial charge in [-0.3, -0.25) is 0 Å². The zero-order chi connectivity index (χ0) is 14.0. The molecule has 0 aliphatic carbocycles. The summed E-state index contributed by atoms with van der Waals surface area (Å²) in [5.74, 6) is -1.74. The van der Waals surface area contributed by atoms with Crippen LogP contribution in [0.4, 0.5) is 13.2 Å². The summed E-state index contributed by atoms with van der Waals surface area (Å²) in [6, 6.07) is 8.55. The van der Waals surface area contributed by atoms with E-state index in [-0.39, 0.29) is 16.7 Å². The van der Waals surface area contributed by atoms with Gasteiger partial charge in [0.2, 0.25) is 0 Å². The summed E-state index contributed by atoms with van der Waals surface area (Å²) in [7, 11) is 0. The van der Waals surface area contributed by atoms with E-state index in [1.807, 2.05) is 0 Å². The molecule has 0 fully saturated rings. The summed E-state index contributed by atoms with van der Waals surface area (Å²) in [5.41, 5.74) is 0.0151. The lowest BCUT2D eigenvalue weighted by Crippen LogP contribution is -1.99. The fraction of sp³-hybridized carbons (Fsp3) is 0.0714. The highest BCUT2D eigenvalue weighted by atomic mass is 19.3. The highest BCUT2D eigenvalue weighted by molar-refractivity contribution is 5.89. The third-order valence-electron chi connectivity index (χ3n) is 2.69. The lowest BCUT2D eigenvalue weighted by atomic mass is 9.97. The molecule has 0 aliphatic heterocycles. The molecule has 5 heteroatoms. The zero-order valence-corrected chi connectivity index (χ0v) is 9.61. The Labute approximate surface area is 107 Å². The monoisotopic (exact) mass is 266 g/mol. The van der Waals surface area contributed by atoms with E-state index in [4.69, 9.17) is 5.11 Å². The minimum absolute atomic E-state index is 0.194. The van der Waals surface area contributed by atoms with E-state index < -0.39 is 18.2 Å². The van der Waals surface area contributed by atoms with Crippen molar-refractivity contribution >= 4 is 5.97 Å². The van der Waals surface area contributed by atoms with Crippen LogP contribution in [-0.2, 0) is 0 Å². The second-order valence-electron chi connectivity index (χ2n) is 3.91. The molecule has 0 bridgehead atoms. The van der Waals surface area contributed by atoms with E-state index >= 15 is 0 Å². The van der Waals surface area contributed by atoms with E-state index in [1.165, 1.54) is 24.3 Å².